The monoisotopic (exact) mass is 325 g/mol. The molecular formula is C15H16ClNO3S. The summed E-state index contributed by atoms with van der Waals surface area (Å²) in [4.78, 5) is 4.00. The number of ether oxygens (including phenoxy) is 1. The first-order valence-corrected chi connectivity index (χ1v) is 8.14. The largest absolute Gasteiger partial charge is 0.390 e. The van der Waals surface area contributed by atoms with Gasteiger partial charge in [0.1, 0.15) is 5.03 Å². The van der Waals surface area contributed by atoms with Gasteiger partial charge in [-0.05, 0) is 29.8 Å². The highest BCUT2D eigenvalue weighted by atomic mass is 35.5. The summed E-state index contributed by atoms with van der Waals surface area (Å²) in [5, 5.41) is 11.0. The SMILES string of the molecule is O=[S@@](C[C@@H](O)COCc1ccc(Cl)cc1)c1ccccn1. The van der Waals surface area contributed by atoms with E-state index in [2.05, 4.69) is 4.98 Å². The molecule has 0 aliphatic carbocycles. The van der Waals surface area contributed by atoms with Crippen LogP contribution in [0, 0.1) is 0 Å². The van der Waals surface area contributed by atoms with Crippen molar-refractivity contribution < 1.29 is 14.1 Å². The number of aromatic nitrogens is 1. The molecule has 0 radical (unpaired) electrons. The molecule has 0 amide bonds. The molecule has 0 bridgehead atoms. The van der Waals surface area contributed by atoms with Crippen LogP contribution in [0.5, 0.6) is 0 Å². The van der Waals surface area contributed by atoms with Gasteiger partial charge in [0, 0.05) is 11.2 Å². The number of hydrogen-bond acceptors (Lipinski definition) is 4. The molecule has 1 N–H and O–H groups in total. The highest BCUT2D eigenvalue weighted by molar-refractivity contribution is 7.85. The number of pyridine rings is 1. The van der Waals surface area contributed by atoms with Crippen molar-refractivity contribution in [1.29, 1.82) is 0 Å². The number of hydrogen-bond donors (Lipinski definition) is 1. The van der Waals surface area contributed by atoms with Crippen molar-refractivity contribution in [2.24, 2.45) is 0 Å². The van der Waals surface area contributed by atoms with E-state index in [0.717, 1.165) is 5.56 Å². The summed E-state index contributed by atoms with van der Waals surface area (Å²) in [6.07, 6.45) is 0.788. The molecule has 0 spiro atoms. The number of benzene rings is 1. The topological polar surface area (TPSA) is 59.4 Å². The molecule has 4 nitrogen and oxygen atoms in total. The van der Waals surface area contributed by atoms with Gasteiger partial charge in [-0.3, -0.25) is 4.21 Å². The molecule has 1 heterocycles. The molecular weight excluding hydrogens is 310 g/mol. The van der Waals surface area contributed by atoms with Crippen molar-refractivity contribution >= 4 is 22.4 Å². The van der Waals surface area contributed by atoms with Crippen molar-refractivity contribution in [2.45, 2.75) is 17.7 Å². The molecule has 1 aromatic carbocycles. The van der Waals surface area contributed by atoms with E-state index in [-0.39, 0.29) is 12.4 Å². The maximum atomic E-state index is 11.9. The molecule has 2 rings (SSSR count). The van der Waals surface area contributed by atoms with E-state index in [0.29, 0.717) is 16.7 Å². The van der Waals surface area contributed by atoms with Crippen LogP contribution in [-0.2, 0) is 22.1 Å². The first-order chi connectivity index (χ1) is 10.1. The average Bonchev–Trinajstić information content (AvgIpc) is 2.50. The van der Waals surface area contributed by atoms with Gasteiger partial charge in [0.25, 0.3) is 0 Å². The van der Waals surface area contributed by atoms with E-state index in [1.54, 1.807) is 36.5 Å². The minimum Gasteiger partial charge on any atom is -0.390 e. The fourth-order valence-corrected chi connectivity index (χ4v) is 2.83. The van der Waals surface area contributed by atoms with E-state index in [1.165, 1.54) is 0 Å². The molecule has 0 unspecified atom stereocenters. The van der Waals surface area contributed by atoms with Crippen LogP contribution in [0.15, 0.2) is 53.7 Å². The lowest BCUT2D eigenvalue weighted by molar-refractivity contribution is 0.0394. The van der Waals surface area contributed by atoms with E-state index < -0.39 is 16.9 Å². The molecule has 21 heavy (non-hydrogen) atoms. The van der Waals surface area contributed by atoms with Gasteiger partial charge < -0.3 is 9.84 Å². The predicted octanol–water partition coefficient (Wildman–Crippen LogP) is 2.42. The van der Waals surface area contributed by atoms with E-state index in [4.69, 9.17) is 16.3 Å². The summed E-state index contributed by atoms with van der Waals surface area (Å²) in [6, 6.07) is 12.5. The molecule has 0 aliphatic rings. The van der Waals surface area contributed by atoms with Gasteiger partial charge in [-0.1, -0.05) is 29.8 Å². The minimum atomic E-state index is -1.32. The van der Waals surface area contributed by atoms with Crippen molar-refractivity contribution in [1.82, 2.24) is 4.98 Å². The van der Waals surface area contributed by atoms with Crippen molar-refractivity contribution in [3.8, 4) is 0 Å². The second-order valence-electron chi connectivity index (χ2n) is 4.48. The highest BCUT2D eigenvalue weighted by Crippen LogP contribution is 2.10. The summed E-state index contributed by atoms with van der Waals surface area (Å²) < 4.78 is 17.4. The van der Waals surface area contributed by atoms with Crippen molar-refractivity contribution in [2.75, 3.05) is 12.4 Å². The zero-order valence-corrected chi connectivity index (χ0v) is 12.9. The van der Waals surface area contributed by atoms with Crippen LogP contribution in [0.4, 0.5) is 0 Å². The second kappa shape index (κ2) is 8.24. The third-order valence-corrected chi connectivity index (χ3v) is 4.35. The molecule has 2 aromatic rings. The van der Waals surface area contributed by atoms with Gasteiger partial charge in [-0.2, -0.15) is 0 Å². The van der Waals surface area contributed by atoms with Crippen LogP contribution in [0.25, 0.3) is 0 Å². The molecule has 0 saturated carbocycles. The third kappa shape index (κ3) is 5.55. The zero-order chi connectivity index (χ0) is 15.1. The third-order valence-electron chi connectivity index (χ3n) is 2.71. The van der Waals surface area contributed by atoms with Gasteiger partial charge in [0.15, 0.2) is 0 Å². The smallest absolute Gasteiger partial charge is 0.127 e. The number of nitrogens with zero attached hydrogens (tertiary/aromatic N) is 1. The Morgan fingerprint density at radius 2 is 2.00 bits per heavy atom. The van der Waals surface area contributed by atoms with Crippen LogP contribution >= 0.6 is 11.6 Å². The Hall–Kier alpha value is -1.27. The number of rotatable bonds is 7. The average molecular weight is 326 g/mol. The van der Waals surface area contributed by atoms with Crippen molar-refractivity contribution in [3.63, 3.8) is 0 Å². The molecule has 0 fully saturated rings. The Morgan fingerprint density at radius 3 is 2.67 bits per heavy atom. The predicted molar refractivity (Wildman–Crippen MR) is 82.6 cm³/mol. The quantitative estimate of drug-likeness (QED) is 0.849. The Labute approximate surface area is 131 Å². The summed E-state index contributed by atoms with van der Waals surface area (Å²) >= 11 is 5.79. The van der Waals surface area contributed by atoms with Gasteiger partial charge in [-0.15, -0.1) is 0 Å². The maximum Gasteiger partial charge on any atom is 0.127 e. The summed E-state index contributed by atoms with van der Waals surface area (Å²) in [5.74, 6) is 0.109. The molecule has 0 saturated heterocycles. The number of aliphatic hydroxyl groups excluding tert-OH is 1. The standard InChI is InChI=1S/C15H16ClNO3S/c16-13-6-4-12(5-7-13)9-20-10-14(18)11-21(19)15-3-1-2-8-17-15/h1-8,14,18H,9-11H2/t14-,21-/m0/s1. The minimum absolute atomic E-state index is 0.109. The summed E-state index contributed by atoms with van der Waals surface area (Å²) in [7, 11) is -1.32. The fraction of sp³-hybridized carbons (Fsp3) is 0.267. The second-order valence-corrected chi connectivity index (χ2v) is 6.35. The molecule has 6 heteroatoms. The molecule has 1 aromatic heterocycles. The van der Waals surface area contributed by atoms with Crippen LogP contribution in [0.1, 0.15) is 5.56 Å². The van der Waals surface area contributed by atoms with Crippen LogP contribution in [-0.4, -0.2) is 32.8 Å². The first kappa shape index (κ1) is 16.1. The van der Waals surface area contributed by atoms with E-state index >= 15 is 0 Å². The number of halogens is 1. The van der Waals surface area contributed by atoms with Gasteiger partial charge in [-0.25, -0.2) is 4.98 Å². The van der Waals surface area contributed by atoms with Crippen LogP contribution in [0.3, 0.4) is 0 Å². The summed E-state index contributed by atoms with van der Waals surface area (Å²) in [6.45, 7) is 0.506. The molecule has 2 atom stereocenters. The Kier molecular flexibility index (Phi) is 6.32. The van der Waals surface area contributed by atoms with Gasteiger partial charge in [0.2, 0.25) is 0 Å². The lowest BCUT2D eigenvalue weighted by atomic mass is 10.2. The molecule has 0 aliphatic heterocycles. The maximum absolute atomic E-state index is 11.9. The van der Waals surface area contributed by atoms with Gasteiger partial charge >= 0.3 is 0 Å². The normalized spacial score (nSPS) is 13.8. The first-order valence-electron chi connectivity index (χ1n) is 6.45. The Morgan fingerprint density at radius 1 is 1.24 bits per heavy atom. The highest BCUT2D eigenvalue weighted by Gasteiger charge is 2.12. The fourth-order valence-electron chi connectivity index (χ4n) is 1.68. The number of aliphatic hydroxyl groups is 1. The Balaban J connectivity index is 1.73. The van der Waals surface area contributed by atoms with Crippen LogP contribution in [0.2, 0.25) is 5.02 Å². The Bertz CT molecular complexity index is 577. The van der Waals surface area contributed by atoms with E-state index in [1.807, 2.05) is 12.1 Å². The van der Waals surface area contributed by atoms with Gasteiger partial charge in [0.05, 0.1) is 35.9 Å². The van der Waals surface area contributed by atoms with Crippen molar-refractivity contribution in [3.05, 3.63) is 59.2 Å². The summed E-state index contributed by atoms with van der Waals surface area (Å²) in [5.41, 5.74) is 0.970. The van der Waals surface area contributed by atoms with Crippen LogP contribution < -0.4 is 0 Å². The van der Waals surface area contributed by atoms with E-state index in [9.17, 15) is 9.32 Å². The zero-order valence-electron chi connectivity index (χ0n) is 11.3. The lowest BCUT2D eigenvalue weighted by Crippen LogP contribution is -2.23. The molecule has 112 valence electrons. The lowest BCUT2D eigenvalue weighted by Gasteiger charge is -2.11.